The Morgan fingerprint density at radius 3 is 2.03 bits per heavy atom. The summed E-state index contributed by atoms with van der Waals surface area (Å²) < 4.78 is 27.4. The molecule has 12 heteroatoms. The fraction of sp³-hybridized carbons (Fsp3) is 0.407. The van der Waals surface area contributed by atoms with Crippen LogP contribution in [0, 0.1) is 17.6 Å². The zero-order valence-corrected chi connectivity index (χ0v) is 22.4. The van der Waals surface area contributed by atoms with Gasteiger partial charge in [-0.1, -0.05) is 42.5 Å². The smallest absolute Gasteiger partial charge is 0.305 e. The second-order valence-electron chi connectivity index (χ2n) is 9.74. The molecule has 2 aromatic carbocycles. The molecule has 1 aliphatic carbocycles. The van der Waals surface area contributed by atoms with Crippen LogP contribution in [0.25, 0.3) is 0 Å². The van der Waals surface area contributed by atoms with Crippen LogP contribution in [0.2, 0.25) is 10.0 Å². The van der Waals surface area contributed by atoms with E-state index in [0.29, 0.717) is 0 Å². The van der Waals surface area contributed by atoms with E-state index in [1.54, 1.807) is 0 Å². The SMILES string of the molecule is O=C(O)CC(NC(=O)C1N(C(=O)c2ccc(F)c(F)c2)CCN1C(=O)c1ccc(Cl)c(Cl)c1)C1CCCCC1. The van der Waals surface area contributed by atoms with Crippen LogP contribution in [-0.4, -0.2) is 63.9 Å². The molecule has 2 fully saturated rings. The van der Waals surface area contributed by atoms with Crippen LogP contribution in [0.4, 0.5) is 8.78 Å². The van der Waals surface area contributed by atoms with Gasteiger partial charge in [-0.3, -0.25) is 19.2 Å². The van der Waals surface area contributed by atoms with Crippen molar-refractivity contribution >= 4 is 46.9 Å². The van der Waals surface area contributed by atoms with E-state index in [9.17, 15) is 33.1 Å². The number of halogens is 4. The second kappa shape index (κ2) is 12.3. The number of hydrogen-bond acceptors (Lipinski definition) is 4. The fourth-order valence-corrected chi connectivity index (χ4v) is 5.54. The van der Waals surface area contributed by atoms with Gasteiger partial charge < -0.3 is 20.2 Å². The number of carbonyl (C=O) groups is 4. The van der Waals surface area contributed by atoms with Crippen molar-refractivity contribution in [3.8, 4) is 0 Å². The topological polar surface area (TPSA) is 107 Å². The monoisotopic (exact) mass is 581 g/mol. The van der Waals surface area contributed by atoms with Gasteiger partial charge in [0, 0.05) is 30.3 Å². The molecule has 1 aliphatic heterocycles. The highest BCUT2D eigenvalue weighted by atomic mass is 35.5. The van der Waals surface area contributed by atoms with Crippen molar-refractivity contribution in [2.75, 3.05) is 13.1 Å². The quantitative estimate of drug-likeness (QED) is 0.491. The van der Waals surface area contributed by atoms with E-state index in [4.69, 9.17) is 23.2 Å². The van der Waals surface area contributed by atoms with Crippen LogP contribution in [0.15, 0.2) is 36.4 Å². The highest BCUT2D eigenvalue weighted by Crippen LogP contribution is 2.30. The number of hydrogen-bond donors (Lipinski definition) is 2. The molecule has 0 radical (unpaired) electrons. The highest BCUT2D eigenvalue weighted by molar-refractivity contribution is 6.42. The van der Waals surface area contributed by atoms with E-state index < -0.39 is 47.5 Å². The summed E-state index contributed by atoms with van der Waals surface area (Å²) in [7, 11) is 0. The van der Waals surface area contributed by atoms with Gasteiger partial charge in [0.1, 0.15) is 0 Å². The third kappa shape index (κ3) is 6.50. The van der Waals surface area contributed by atoms with Gasteiger partial charge in [-0.15, -0.1) is 0 Å². The molecule has 2 unspecified atom stereocenters. The number of carboxylic acids is 1. The number of benzene rings is 2. The minimum absolute atomic E-state index is 0.0421. The Hall–Kier alpha value is -3.24. The highest BCUT2D eigenvalue weighted by Gasteiger charge is 2.44. The first-order valence-electron chi connectivity index (χ1n) is 12.6. The summed E-state index contributed by atoms with van der Waals surface area (Å²) in [5.41, 5.74) is -0.0800. The zero-order chi connectivity index (χ0) is 28.3. The maximum Gasteiger partial charge on any atom is 0.305 e. The van der Waals surface area contributed by atoms with Gasteiger partial charge in [0.05, 0.1) is 16.5 Å². The normalized spacial score (nSPS) is 18.6. The summed E-state index contributed by atoms with van der Waals surface area (Å²) in [5, 5.41) is 12.6. The Labute approximate surface area is 233 Å². The van der Waals surface area contributed by atoms with E-state index >= 15 is 0 Å². The summed E-state index contributed by atoms with van der Waals surface area (Å²) >= 11 is 12.1. The van der Waals surface area contributed by atoms with E-state index in [-0.39, 0.29) is 46.6 Å². The molecule has 0 aromatic heterocycles. The molecule has 8 nitrogen and oxygen atoms in total. The molecule has 1 saturated carbocycles. The largest absolute Gasteiger partial charge is 0.481 e. The van der Waals surface area contributed by atoms with Gasteiger partial charge in [0.15, 0.2) is 17.8 Å². The van der Waals surface area contributed by atoms with Crippen molar-refractivity contribution in [3.05, 3.63) is 69.2 Å². The van der Waals surface area contributed by atoms with E-state index in [2.05, 4.69) is 5.32 Å². The van der Waals surface area contributed by atoms with E-state index in [1.807, 2.05) is 0 Å². The van der Waals surface area contributed by atoms with Crippen molar-refractivity contribution < 1.29 is 33.1 Å². The number of nitrogens with zero attached hydrogens (tertiary/aromatic N) is 2. The maximum absolute atomic E-state index is 13.9. The van der Waals surface area contributed by atoms with Crippen molar-refractivity contribution in [3.63, 3.8) is 0 Å². The molecule has 208 valence electrons. The molecule has 39 heavy (non-hydrogen) atoms. The summed E-state index contributed by atoms with van der Waals surface area (Å²) in [6.07, 6.45) is 2.54. The van der Waals surface area contributed by atoms with Gasteiger partial charge in [-0.2, -0.15) is 0 Å². The Kier molecular flexibility index (Phi) is 9.07. The number of carbonyl (C=O) groups excluding carboxylic acids is 3. The summed E-state index contributed by atoms with van der Waals surface area (Å²) in [6, 6.07) is 6.12. The van der Waals surface area contributed by atoms with Gasteiger partial charge in [0.25, 0.3) is 17.7 Å². The standard InChI is InChI=1S/C27H27Cl2F2N3O5/c28-18-8-6-16(12-19(18)29)26(38)33-10-11-34(27(39)17-7-9-20(30)21(31)13-17)25(33)24(37)32-22(14-23(35)36)15-4-2-1-3-5-15/h6-9,12-13,15,22,25H,1-5,10-11,14H2,(H,32,37)(H,35,36). The molecule has 2 atom stereocenters. The molecule has 0 spiro atoms. The first-order valence-corrected chi connectivity index (χ1v) is 13.4. The Bertz CT molecular complexity index is 1220. The second-order valence-corrected chi connectivity index (χ2v) is 10.6. The molecule has 1 saturated heterocycles. The Balaban J connectivity index is 1.67. The number of nitrogens with one attached hydrogen (secondary N) is 1. The lowest BCUT2D eigenvalue weighted by Crippen LogP contribution is -2.57. The molecule has 3 amide bonds. The molecule has 1 heterocycles. The van der Waals surface area contributed by atoms with E-state index in [0.717, 1.165) is 55.2 Å². The molecule has 2 N–H and O–H groups in total. The van der Waals surface area contributed by atoms with Crippen LogP contribution >= 0.6 is 23.2 Å². The number of amides is 3. The zero-order valence-electron chi connectivity index (χ0n) is 20.8. The molecule has 4 rings (SSSR count). The summed E-state index contributed by atoms with van der Waals surface area (Å²) in [5.74, 6) is -5.67. The average Bonchev–Trinajstić information content (AvgIpc) is 3.36. The first kappa shape index (κ1) is 28.8. The predicted octanol–water partition coefficient (Wildman–Crippen LogP) is 4.74. The number of aliphatic carboxylic acids is 1. The van der Waals surface area contributed by atoms with Crippen LogP contribution < -0.4 is 5.32 Å². The van der Waals surface area contributed by atoms with Crippen molar-refractivity contribution in [1.29, 1.82) is 0 Å². The van der Waals surface area contributed by atoms with Gasteiger partial charge in [-0.25, -0.2) is 8.78 Å². The van der Waals surface area contributed by atoms with Gasteiger partial charge in [0.2, 0.25) is 0 Å². The minimum atomic E-state index is -1.47. The first-order chi connectivity index (χ1) is 18.6. The van der Waals surface area contributed by atoms with Crippen LogP contribution in [0.5, 0.6) is 0 Å². The summed E-state index contributed by atoms with van der Waals surface area (Å²) in [6.45, 7) is -0.115. The van der Waals surface area contributed by atoms with Gasteiger partial charge >= 0.3 is 5.97 Å². The van der Waals surface area contributed by atoms with E-state index in [1.165, 1.54) is 23.1 Å². The fourth-order valence-electron chi connectivity index (χ4n) is 5.24. The van der Waals surface area contributed by atoms with Crippen molar-refractivity contribution in [2.24, 2.45) is 5.92 Å². The van der Waals surface area contributed by atoms with Crippen LogP contribution in [0.1, 0.15) is 59.2 Å². The molecule has 2 aliphatic rings. The molecular weight excluding hydrogens is 555 g/mol. The number of carboxylic acid groups (broad SMARTS) is 1. The minimum Gasteiger partial charge on any atom is -0.481 e. The lowest BCUT2D eigenvalue weighted by Gasteiger charge is -2.34. The third-order valence-corrected chi connectivity index (χ3v) is 7.94. The van der Waals surface area contributed by atoms with Crippen LogP contribution in [-0.2, 0) is 9.59 Å². The van der Waals surface area contributed by atoms with Crippen molar-refractivity contribution in [2.45, 2.75) is 50.7 Å². The van der Waals surface area contributed by atoms with Crippen molar-refractivity contribution in [1.82, 2.24) is 15.1 Å². The molecule has 2 aromatic rings. The molecular formula is C27H27Cl2F2N3O5. The number of rotatable bonds is 7. The molecule has 0 bridgehead atoms. The Morgan fingerprint density at radius 1 is 0.872 bits per heavy atom. The third-order valence-electron chi connectivity index (χ3n) is 7.20. The maximum atomic E-state index is 13.9. The summed E-state index contributed by atoms with van der Waals surface area (Å²) in [4.78, 5) is 54.5. The lowest BCUT2D eigenvalue weighted by atomic mass is 9.82. The van der Waals surface area contributed by atoms with Crippen LogP contribution in [0.3, 0.4) is 0 Å². The lowest BCUT2D eigenvalue weighted by molar-refractivity contribution is -0.138. The average molecular weight is 582 g/mol. The van der Waals surface area contributed by atoms with Gasteiger partial charge in [-0.05, 0) is 55.2 Å². The Morgan fingerprint density at radius 2 is 1.46 bits per heavy atom. The predicted molar refractivity (Wildman–Crippen MR) is 139 cm³/mol.